The number of amides is 3. The fourth-order valence-electron chi connectivity index (χ4n) is 3.16. The molecule has 128 valence electrons. The molecule has 2 aliphatic rings. The molecular formula is C19H19N3O3. The predicted molar refractivity (Wildman–Crippen MR) is 94.7 cm³/mol. The minimum Gasteiger partial charge on any atom is -0.479 e. The summed E-state index contributed by atoms with van der Waals surface area (Å²) in [6.07, 6.45) is 0.344. The van der Waals surface area contributed by atoms with Gasteiger partial charge in [-0.3, -0.25) is 4.79 Å². The lowest BCUT2D eigenvalue weighted by Crippen LogP contribution is -2.39. The fraction of sp³-hybridized carbons (Fsp3) is 0.263. The van der Waals surface area contributed by atoms with E-state index in [4.69, 9.17) is 4.74 Å². The quantitative estimate of drug-likeness (QED) is 0.840. The Bertz CT molecular complexity index is 850. The lowest BCUT2D eigenvalue weighted by atomic mass is 10.0. The van der Waals surface area contributed by atoms with Crippen molar-refractivity contribution in [1.82, 2.24) is 4.90 Å². The molecule has 0 saturated carbocycles. The number of nitrogens with zero attached hydrogens (tertiary/aromatic N) is 1. The van der Waals surface area contributed by atoms with Crippen molar-refractivity contribution in [3.05, 3.63) is 53.6 Å². The normalized spacial score (nSPS) is 18.5. The molecule has 6 heteroatoms. The van der Waals surface area contributed by atoms with Crippen molar-refractivity contribution in [3.8, 4) is 5.75 Å². The monoisotopic (exact) mass is 337 g/mol. The molecule has 0 spiro atoms. The summed E-state index contributed by atoms with van der Waals surface area (Å²) in [4.78, 5) is 26.1. The minimum absolute atomic E-state index is 0.147. The second-order valence-corrected chi connectivity index (χ2v) is 6.33. The molecule has 4 rings (SSSR count). The number of ether oxygens (including phenoxy) is 1. The number of carbonyl (C=O) groups is 2. The zero-order valence-electron chi connectivity index (χ0n) is 13.9. The van der Waals surface area contributed by atoms with Gasteiger partial charge in [-0.25, -0.2) is 4.79 Å². The molecule has 25 heavy (non-hydrogen) atoms. The van der Waals surface area contributed by atoms with Gasteiger partial charge in [-0.1, -0.05) is 24.3 Å². The first kappa shape index (κ1) is 15.5. The molecule has 0 saturated heterocycles. The van der Waals surface area contributed by atoms with Crippen molar-refractivity contribution in [2.24, 2.45) is 0 Å². The largest absolute Gasteiger partial charge is 0.479 e. The number of nitrogens with one attached hydrogen (secondary N) is 2. The van der Waals surface area contributed by atoms with E-state index < -0.39 is 6.10 Å². The summed E-state index contributed by atoms with van der Waals surface area (Å²) >= 11 is 0. The summed E-state index contributed by atoms with van der Waals surface area (Å²) in [6, 6.07) is 13.3. The molecule has 0 fully saturated rings. The van der Waals surface area contributed by atoms with E-state index >= 15 is 0 Å². The van der Waals surface area contributed by atoms with Gasteiger partial charge >= 0.3 is 6.03 Å². The van der Waals surface area contributed by atoms with Crippen LogP contribution in [0.5, 0.6) is 5.75 Å². The summed E-state index contributed by atoms with van der Waals surface area (Å²) in [5.74, 6) is 0.417. The summed E-state index contributed by atoms with van der Waals surface area (Å²) in [5, 5.41) is 5.69. The van der Waals surface area contributed by atoms with Crippen LogP contribution in [0.4, 0.5) is 16.2 Å². The van der Waals surface area contributed by atoms with Crippen molar-refractivity contribution in [2.75, 3.05) is 17.2 Å². The molecule has 0 aliphatic carbocycles. The maximum atomic E-state index is 12.6. The molecule has 2 aromatic rings. The number of fused-ring (bicyclic) bond motifs is 2. The molecule has 0 aromatic heterocycles. The topological polar surface area (TPSA) is 70.7 Å². The van der Waals surface area contributed by atoms with Crippen LogP contribution < -0.4 is 15.4 Å². The average molecular weight is 337 g/mol. The summed E-state index contributed by atoms with van der Waals surface area (Å²) in [7, 11) is 0. The lowest BCUT2D eigenvalue weighted by Gasteiger charge is -2.29. The van der Waals surface area contributed by atoms with E-state index in [0.717, 1.165) is 6.42 Å². The molecule has 6 nitrogen and oxygen atoms in total. The third kappa shape index (κ3) is 3.03. The molecule has 0 bridgehead atoms. The molecule has 2 heterocycles. The van der Waals surface area contributed by atoms with Gasteiger partial charge in [0.25, 0.3) is 5.91 Å². The molecule has 2 N–H and O–H groups in total. The highest BCUT2D eigenvalue weighted by atomic mass is 16.5. The molecule has 2 aliphatic heterocycles. The Balaban J connectivity index is 1.47. The van der Waals surface area contributed by atoms with Crippen LogP contribution >= 0.6 is 0 Å². The van der Waals surface area contributed by atoms with Gasteiger partial charge in [-0.2, -0.15) is 0 Å². The SMILES string of the molecule is C[C@@H]1Oc2ccc(NC(=O)N3CCc4ccccc4C3)cc2NC1=O. The maximum Gasteiger partial charge on any atom is 0.322 e. The number of rotatable bonds is 1. The lowest BCUT2D eigenvalue weighted by molar-refractivity contribution is -0.122. The van der Waals surface area contributed by atoms with E-state index in [0.29, 0.717) is 30.2 Å². The third-order valence-corrected chi connectivity index (χ3v) is 4.58. The standard InChI is InChI=1S/C19H19N3O3/c1-12-18(23)21-16-10-15(6-7-17(16)25-12)20-19(24)22-9-8-13-4-2-3-5-14(13)11-22/h2-7,10,12H,8-9,11H2,1H3,(H,20,24)(H,21,23)/t12-/m0/s1. The van der Waals surface area contributed by atoms with Crippen LogP contribution in [-0.2, 0) is 17.8 Å². The number of hydrogen-bond acceptors (Lipinski definition) is 3. The van der Waals surface area contributed by atoms with Gasteiger partial charge in [0.15, 0.2) is 6.10 Å². The van der Waals surface area contributed by atoms with Gasteiger partial charge in [0.1, 0.15) is 5.75 Å². The van der Waals surface area contributed by atoms with Gasteiger partial charge < -0.3 is 20.3 Å². The molecule has 0 unspecified atom stereocenters. The van der Waals surface area contributed by atoms with Crippen LogP contribution in [-0.4, -0.2) is 29.5 Å². The van der Waals surface area contributed by atoms with Gasteiger partial charge in [0.2, 0.25) is 0 Å². The number of urea groups is 1. The van der Waals surface area contributed by atoms with E-state index in [2.05, 4.69) is 22.8 Å². The molecule has 3 amide bonds. The second-order valence-electron chi connectivity index (χ2n) is 6.33. The van der Waals surface area contributed by atoms with E-state index in [9.17, 15) is 9.59 Å². The second kappa shape index (κ2) is 6.12. The summed E-state index contributed by atoms with van der Waals surface area (Å²) < 4.78 is 5.52. The number of carbonyl (C=O) groups excluding carboxylic acids is 2. The van der Waals surface area contributed by atoms with Gasteiger partial charge in [-0.05, 0) is 42.7 Å². The van der Waals surface area contributed by atoms with E-state index in [1.807, 2.05) is 12.1 Å². The highest BCUT2D eigenvalue weighted by Crippen LogP contribution is 2.32. The molecular weight excluding hydrogens is 318 g/mol. The Morgan fingerprint density at radius 2 is 2.04 bits per heavy atom. The maximum absolute atomic E-state index is 12.6. The Labute approximate surface area is 145 Å². The van der Waals surface area contributed by atoms with Gasteiger partial charge in [0, 0.05) is 18.8 Å². The zero-order chi connectivity index (χ0) is 17.4. The number of benzene rings is 2. The van der Waals surface area contributed by atoms with Crippen LogP contribution in [0.2, 0.25) is 0 Å². The van der Waals surface area contributed by atoms with E-state index in [1.165, 1.54) is 11.1 Å². The Morgan fingerprint density at radius 1 is 1.24 bits per heavy atom. The van der Waals surface area contributed by atoms with E-state index in [-0.39, 0.29) is 11.9 Å². The van der Waals surface area contributed by atoms with Crippen LogP contribution in [0.25, 0.3) is 0 Å². The Kier molecular flexibility index (Phi) is 3.80. The number of hydrogen-bond donors (Lipinski definition) is 2. The van der Waals surface area contributed by atoms with Crippen molar-refractivity contribution >= 4 is 23.3 Å². The highest BCUT2D eigenvalue weighted by Gasteiger charge is 2.24. The Morgan fingerprint density at radius 3 is 2.88 bits per heavy atom. The smallest absolute Gasteiger partial charge is 0.322 e. The van der Waals surface area contributed by atoms with Crippen LogP contribution in [0.1, 0.15) is 18.1 Å². The minimum atomic E-state index is -0.513. The van der Waals surface area contributed by atoms with Crippen molar-refractivity contribution in [2.45, 2.75) is 26.0 Å². The van der Waals surface area contributed by atoms with Crippen LogP contribution in [0.3, 0.4) is 0 Å². The predicted octanol–water partition coefficient (Wildman–Crippen LogP) is 3.00. The highest BCUT2D eigenvalue weighted by molar-refractivity contribution is 5.99. The fourth-order valence-corrected chi connectivity index (χ4v) is 3.16. The van der Waals surface area contributed by atoms with Crippen molar-refractivity contribution < 1.29 is 14.3 Å². The summed E-state index contributed by atoms with van der Waals surface area (Å²) in [5.41, 5.74) is 3.68. The zero-order valence-corrected chi connectivity index (χ0v) is 13.9. The Hall–Kier alpha value is -3.02. The van der Waals surface area contributed by atoms with Crippen molar-refractivity contribution in [3.63, 3.8) is 0 Å². The van der Waals surface area contributed by atoms with Gasteiger partial charge in [-0.15, -0.1) is 0 Å². The van der Waals surface area contributed by atoms with Crippen molar-refractivity contribution in [1.29, 1.82) is 0 Å². The first-order valence-electron chi connectivity index (χ1n) is 8.34. The third-order valence-electron chi connectivity index (χ3n) is 4.58. The first-order valence-corrected chi connectivity index (χ1v) is 8.34. The number of anilines is 2. The average Bonchev–Trinajstić information content (AvgIpc) is 2.62. The first-order chi connectivity index (χ1) is 12.1. The van der Waals surface area contributed by atoms with E-state index in [1.54, 1.807) is 30.0 Å². The summed E-state index contributed by atoms with van der Waals surface area (Å²) in [6.45, 7) is 2.98. The molecule has 1 atom stereocenters. The van der Waals surface area contributed by atoms with Crippen LogP contribution in [0.15, 0.2) is 42.5 Å². The molecule has 0 radical (unpaired) electrons. The molecule has 2 aromatic carbocycles. The van der Waals surface area contributed by atoms with Gasteiger partial charge in [0.05, 0.1) is 5.69 Å². The van der Waals surface area contributed by atoms with Crippen LogP contribution in [0, 0.1) is 0 Å².